The van der Waals surface area contributed by atoms with Crippen LogP contribution in [0.25, 0.3) is 0 Å². The molecule has 18 heavy (non-hydrogen) atoms. The van der Waals surface area contributed by atoms with Gasteiger partial charge in [-0.3, -0.25) is 4.68 Å². The minimum absolute atomic E-state index is 0.0266. The predicted octanol–water partition coefficient (Wildman–Crippen LogP) is 3.00. The van der Waals surface area contributed by atoms with Crippen molar-refractivity contribution in [1.29, 1.82) is 0 Å². The Morgan fingerprint density at radius 1 is 1.28 bits per heavy atom. The summed E-state index contributed by atoms with van der Waals surface area (Å²) in [7, 11) is 0. The summed E-state index contributed by atoms with van der Waals surface area (Å²) in [5.41, 5.74) is 8.61. The van der Waals surface area contributed by atoms with Gasteiger partial charge in [0, 0.05) is 23.4 Å². The van der Waals surface area contributed by atoms with Crippen LogP contribution >= 0.6 is 11.8 Å². The van der Waals surface area contributed by atoms with E-state index in [0.717, 1.165) is 18.0 Å². The molecule has 1 aromatic heterocycles. The summed E-state index contributed by atoms with van der Waals surface area (Å²) in [5, 5.41) is 4.25. The van der Waals surface area contributed by atoms with Crippen molar-refractivity contribution in [3.8, 4) is 0 Å². The fourth-order valence-corrected chi connectivity index (χ4v) is 2.70. The number of thioether (sulfide) groups is 1. The van der Waals surface area contributed by atoms with Crippen molar-refractivity contribution in [2.45, 2.75) is 31.3 Å². The lowest BCUT2D eigenvalue weighted by Gasteiger charge is -2.13. The molecule has 2 aromatic rings. The third kappa shape index (κ3) is 3.15. The van der Waals surface area contributed by atoms with Crippen LogP contribution < -0.4 is 5.73 Å². The highest BCUT2D eigenvalue weighted by Gasteiger charge is 2.11. The Hall–Kier alpha value is -1.26. The molecule has 1 atom stereocenters. The summed E-state index contributed by atoms with van der Waals surface area (Å²) in [6.07, 6.45) is 1.81. The maximum absolute atomic E-state index is 6.21. The largest absolute Gasteiger partial charge is 0.322 e. The molecule has 1 heterocycles. The van der Waals surface area contributed by atoms with Gasteiger partial charge in [0.2, 0.25) is 0 Å². The fraction of sp³-hybridized carbons (Fsp3) is 0.357. The molecule has 4 heteroatoms. The highest BCUT2D eigenvalue weighted by Crippen LogP contribution is 2.23. The molecule has 0 fully saturated rings. The number of hydrogen-bond donors (Lipinski definition) is 1. The number of aryl methyl sites for hydroxylation is 2. The Bertz CT molecular complexity index is 490. The summed E-state index contributed by atoms with van der Waals surface area (Å²) in [5.74, 6) is 0.870. The Morgan fingerprint density at radius 3 is 2.67 bits per heavy atom. The minimum atomic E-state index is 0.0266. The average molecular weight is 261 g/mol. The van der Waals surface area contributed by atoms with E-state index in [2.05, 4.69) is 43.2 Å². The zero-order valence-electron chi connectivity index (χ0n) is 10.8. The van der Waals surface area contributed by atoms with Crippen molar-refractivity contribution in [3.05, 3.63) is 47.8 Å². The number of nitrogens with two attached hydrogens (primary N) is 1. The van der Waals surface area contributed by atoms with Gasteiger partial charge in [-0.05, 0) is 32.0 Å². The predicted molar refractivity (Wildman–Crippen MR) is 76.7 cm³/mol. The summed E-state index contributed by atoms with van der Waals surface area (Å²) in [6, 6.07) is 10.6. The molecule has 0 aliphatic rings. The van der Waals surface area contributed by atoms with Gasteiger partial charge in [-0.1, -0.05) is 17.7 Å². The Morgan fingerprint density at radius 2 is 2.00 bits per heavy atom. The second-order valence-corrected chi connectivity index (χ2v) is 5.40. The lowest BCUT2D eigenvalue weighted by molar-refractivity contribution is 0.593. The zero-order valence-corrected chi connectivity index (χ0v) is 11.7. The van der Waals surface area contributed by atoms with Crippen molar-refractivity contribution in [1.82, 2.24) is 9.78 Å². The van der Waals surface area contributed by atoms with Crippen molar-refractivity contribution in [2.24, 2.45) is 5.73 Å². The third-order valence-electron chi connectivity index (χ3n) is 2.88. The summed E-state index contributed by atoms with van der Waals surface area (Å²) >= 11 is 1.79. The highest BCUT2D eigenvalue weighted by atomic mass is 32.2. The van der Waals surface area contributed by atoms with Crippen LogP contribution in [-0.4, -0.2) is 15.5 Å². The van der Waals surface area contributed by atoms with Crippen LogP contribution in [0.5, 0.6) is 0 Å². The smallest absolute Gasteiger partial charge is 0.0562 e. The Labute approximate surface area is 112 Å². The van der Waals surface area contributed by atoms with Crippen molar-refractivity contribution >= 4 is 11.8 Å². The monoisotopic (exact) mass is 261 g/mol. The Balaban J connectivity index is 1.96. The molecule has 0 amide bonds. The van der Waals surface area contributed by atoms with Gasteiger partial charge in [0.1, 0.15) is 0 Å². The summed E-state index contributed by atoms with van der Waals surface area (Å²) < 4.78 is 1.96. The van der Waals surface area contributed by atoms with Gasteiger partial charge in [-0.15, -0.1) is 11.8 Å². The number of benzene rings is 1. The van der Waals surface area contributed by atoms with Crippen LogP contribution in [-0.2, 0) is 6.54 Å². The molecule has 2 rings (SSSR count). The molecule has 1 unspecified atom stereocenters. The molecular weight excluding hydrogens is 242 g/mol. The SMILES string of the molecule is CCn1nccc1C(N)CSc1ccc(C)cc1. The number of nitrogens with zero attached hydrogens (tertiary/aromatic N) is 2. The molecule has 0 bridgehead atoms. The second kappa shape index (κ2) is 6.07. The van der Waals surface area contributed by atoms with E-state index in [4.69, 9.17) is 5.73 Å². The third-order valence-corrected chi connectivity index (χ3v) is 4.01. The van der Waals surface area contributed by atoms with Crippen molar-refractivity contribution < 1.29 is 0 Å². The highest BCUT2D eigenvalue weighted by molar-refractivity contribution is 7.99. The second-order valence-electron chi connectivity index (χ2n) is 4.30. The zero-order chi connectivity index (χ0) is 13.0. The van der Waals surface area contributed by atoms with E-state index >= 15 is 0 Å². The first-order valence-electron chi connectivity index (χ1n) is 6.17. The maximum atomic E-state index is 6.21. The fourth-order valence-electron chi connectivity index (χ4n) is 1.83. The van der Waals surface area contributed by atoms with Gasteiger partial charge < -0.3 is 5.73 Å². The van der Waals surface area contributed by atoms with E-state index in [-0.39, 0.29) is 6.04 Å². The van der Waals surface area contributed by atoms with Crippen LogP contribution in [0.3, 0.4) is 0 Å². The molecule has 0 radical (unpaired) electrons. The van der Waals surface area contributed by atoms with Crippen LogP contribution in [0, 0.1) is 6.92 Å². The minimum Gasteiger partial charge on any atom is -0.322 e. The van der Waals surface area contributed by atoms with E-state index in [9.17, 15) is 0 Å². The van der Waals surface area contributed by atoms with Gasteiger partial charge >= 0.3 is 0 Å². The number of aromatic nitrogens is 2. The molecule has 0 saturated carbocycles. The van der Waals surface area contributed by atoms with E-state index in [1.807, 2.05) is 16.9 Å². The van der Waals surface area contributed by atoms with Gasteiger partial charge in [0.25, 0.3) is 0 Å². The molecule has 3 nitrogen and oxygen atoms in total. The summed E-state index contributed by atoms with van der Waals surface area (Å²) in [4.78, 5) is 1.26. The van der Waals surface area contributed by atoms with Gasteiger partial charge in [0.15, 0.2) is 0 Å². The van der Waals surface area contributed by atoms with Crippen LogP contribution in [0.4, 0.5) is 0 Å². The van der Waals surface area contributed by atoms with Crippen LogP contribution in [0.2, 0.25) is 0 Å². The number of hydrogen-bond acceptors (Lipinski definition) is 3. The topological polar surface area (TPSA) is 43.8 Å². The van der Waals surface area contributed by atoms with Gasteiger partial charge in [0.05, 0.1) is 11.7 Å². The molecule has 0 saturated heterocycles. The molecular formula is C14H19N3S. The quantitative estimate of drug-likeness (QED) is 0.841. The van der Waals surface area contributed by atoms with E-state index < -0.39 is 0 Å². The van der Waals surface area contributed by atoms with Crippen LogP contribution in [0.15, 0.2) is 41.4 Å². The lowest BCUT2D eigenvalue weighted by atomic mass is 10.2. The average Bonchev–Trinajstić information content (AvgIpc) is 2.86. The maximum Gasteiger partial charge on any atom is 0.0562 e. The van der Waals surface area contributed by atoms with Crippen molar-refractivity contribution in [2.75, 3.05) is 5.75 Å². The lowest BCUT2D eigenvalue weighted by Crippen LogP contribution is -2.18. The van der Waals surface area contributed by atoms with E-state index in [0.29, 0.717) is 0 Å². The normalized spacial score (nSPS) is 12.6. The first-order chi connectivity index (χ1) is 8.70. The van der Waals surface area contributed by atoms with Crippen LogP contribution in [0.1, 0.15) is 24.2 Å². The molecule has 2 N–H and O–H groups in total. The summed E-state index contributed by atoms with van der Waals surface area (Å²) in [6.45, 7) is 5.04. The molecule has 0 aliphatic heterocycles. The van der Waals surface area contributed by atoms with Gasteiger partial charge in [-0.25, -0.2) is 0 Å². The molecule has 96 valence electrons. The number of rotatable bonds is 5. The first kappa shape index (κ1) is 13.2. The molecule has 0 aliphatic carbocycles. The molecule has 0 spiro atoms. The van der Waals surface area contributed by atoms with Gasteiger partial charge in [-0.2, -0.15) is 5.10 Å². The van der Waals surface area contributed by atoms with Crippen molar-refractivity contribution in [3.63, 3.8) is 0 Å². The van der Waals surface area contributed by atoms with E-state index in [1.165, 1.54) is 10.5 Å². The Kier molecular flexibility index (Phi) is 4.44. The first-order valence-corrected chi connectivity index (χ1v) is 7.16. The van der Waals surface area contributed by atoms with E-state index in [1.54, 1.807) is 11.8 Å². The molecule has 1 aromatic carbocycles. The standard InChI is InChI=1S/C14H19N3S/c1-3-17-14(8-9-16-17)13(15)10-18-12-6-4-11(2)5-7-12/h4-9,13H,3,10,15H2,1-2H3.